The number of methoxy groups -OCH3 is 3. The van der Waals surface area contributed by atoms with Gasteiger partial charge in [0.15, 0.2) is 11.5 Å². The molecule has 21 heavy (non-hydrogen) atoms. The molecule has 0 heterocycles. The first kappa shape index (κ1) is 17.1. The highest BCUT2D eigenvalue weighted by Crippen LogP contribution is 2.41. The van der Waals surface area contributed by atoms with E-state index in [1.807, 2.05) is 0 Å². The van der Waals surface area contributed by atoms with Gasteiger partial charge in [0.2, 0.25) is 5.75 Å². The Morgan fingerprint density at radius 2 is 1.62 bits per heavy atom. The molecule has 0 aliphatic heterocycles. The zero-order chi connectivity index (χ0) is 16.2. The van der Waals surface area contributed by atoms with Gasteiger partial charge in [0, 0.05) is 5.56 Å². The van der Waals surface area contributed by atoms with Crippen LogP contribution in [-0.2, 0) is 9.53 Å². The topological polar surface area (TPSA) is 80.0 Å². The Morgan fingerprint density at radius 3 is 2.05 bits per heavy atom. The second kappa shape index (κ2) is 6.67. The second-order valence-electron chi connectivity index (χ2n) is 5.43. The molecule has 0 saturated heterocycles. The Labute approximate surface area is 125 Å². The first-order valence-corrected chi connectivity index (χ1v) is 6.52. The van der Waals surface area contributed by atoms with Crippen LogP contribution < -0.4 is 19.9 Å². The van der Waals surface area contributed by atoms with E-state index in [2.05, 4.69) is 0 Å². The number of hydrogen-bond donors (Lipinski definition) is 1. The van der Waals surface area contributed by atoms with Crippen molar-refractivity contribution in [3.05, 3.63) is 17.7 Å². The van der Waals surface area contributed by atoms with Crippen LogP contribution in [0.4, 0.5) is 0 Å². The fourth-order valence-corrected chi connectivity index (χ4v) is 1.86. The van der Waals surface area contributed by atoms with Gasteiger partial charge in [-0.2, -0.15) is 0 Å². The highest BCUT2D eigenvalue weighted by atomic mass is 16.6. The molecule has 1 atom stereocenters. The van der Waals surface area contributed by atoms with Crippen molar-refractivity contribution in [2.24, 2.45) is 5.73 Å². The van der Waals surface area contributed by atoms with Crippen molar-refractivity contribution in [3.8, 4) is 17.2 Å². The van der Waals surface area contributed by atoms with E-state index in [0.29, 0.717) is 22.8 Å². The van der Waals surface area contributed by atoms with Crippen LogP contribution in [0.3, 0.4) is 0 Å². The highest BCUT2D eigenvalue weighted by Gasteiger charge is 2.28. The van der Waals surface area contributed by atoms with Crippen LogP contribution in [0.1, 0.15) is 32.4 Å². The van der Waals surface area contributed by atoms with Gasteiger partial charge in [-0.05, 0) is 32.9 Å². The third kappa shape index (κ3) is 4.01. The van der Waals surface area contributed by atoms with Gasteiger partial charge < -0.3 is 24.7 Å². The third-order valence-electron chi connectivity index (χ3n) is 2.73. The first-order chi connectivity index (χ1) is 9.75. The molecule has 0 amide bonds. The quantitative estimate of drug-likeness (QED) is 0.838. The number of ether oxygens (including phenoxy) is 4. The van der Waals surface area contributed by atoms with Crippen molar-refractivity contribution >= 4 is 5.97 Å². The maximum Gasteiger partial charge on any atom is 0.328 e. The van der Waals surface area contributed by atoms with Crippen molar-refractivity contribution in [1.29, 1.82) is 0 Å². The lowest BCUT2D eigenvalue weighted by molar-refractivity contribution is -0.156. The summed E-state index contributed by atoms with van der Waals surface area (Å²) in [6.07, 6.45) is 0. The molecule has 1 aromatic rings. The Balaban J connectivity index is 3.21. The second-order valence-corrected chi connectivity index (χ2v) is 5.43. The molecule has 0 aliphatic rings. The standard InChI is InChI=1S/C15H23NO5/c1-15(2,3)21-14(17)11(16)9-7-8-10(18-4)13(20-6)12(9)19-5/h7-8,11H,16H2,1-6H3. The van der Waals surface area contributed by atoms with Gasteiger partial charge in [-0.15, -0.1) is 0 Å². The van der Waals surface area contributed by atoms with Gasteiger partial charge in [0.25, 0.3) is 0 Å². The van der Waals surface area contributed by atoms with Crippen molar-refractivity contribution in [2.75, 3.05) is 21.3 Å². The van der Waals surface area contributed by atoms with E-state index in [4.69, 9.17) is 24.7 Å². The first-order valence-electron chi connectivity index (χ1n) is 6.52. The maximum absolute atomic E-state index is 12.1. The van der Waals surface area contributed by atoms with Crippen LogP contribution in [0.2, 0.25) is 0 Å². The summed E-state index contributed by atoms with van der Waals surface area (Å²) in [6, 6.07) is 2.36. The zero-order valence-electron chi connectivity index (χ0n) is 13.4. The normalized spacial score (nSPS) is 12.5. The van der Waals surface area contributed by atoms with Crippen molar-refractivity contribution in [1.82, 2.24) is 0 Å². The number of hydrogen-bond acceptors (Lipinski definition) is 6. The minimum atomic E-state index is -0.973. The summed E-state index contributed by atoms with van der Waals surface area (Å²) in [5, 5.41) is 0. The molecule has 0 saturated carbocycles. The molecule has 0 aromatic heterocycles. The number of benzene rings is 1. The number of carbonyl (C=O) groups excluding carboxylic acids is 1. The molecular formula is C15H23NO5. The Bertz CT molecular complexity index is 508. The molecule has 1 rings (SSSR count). The van der Waals surface area contributed by atoms with Crippen LogP contribution in [0.5, 0.6) is 17.2 Å². The monoisotopic (exact) mass is 297 g/mol. The van der Waals surface area contributed by atoms with Gasteiger partial charge >= 0.3 is 5.97 Å². The molecule has 0 aliphatic carbocycles. The Morgan fingerprint density at radius 1 is 1.05 bits per heavy atom. The van der Waals surface area contributed by atoms with E-state index in [0.717, 1.165) is 0 Å². The number of carbonyl (C=O) groups is 1. The summed E-state index contributed by atoms with van der Waals surface area (Å²) in [7, 11) is 4.48. The molecule has 118 valence electrons. The molecule has 0 bridgehead atoms. The molecule has 6 heteroatoms. The number of nitrogens with two attached hydrogens (primary N) is 1. The van der Waals surface area contributed by atoms with E-state index in [1.165, 1.54) is 21.3 Å². The summed E-state index contributed by atoms with van der Waals surface area (Å²) < 4.78 is 21.1. The van der Waals surface area contributed by atoms with Gasteiger partial charge in [-0.25, -0.2) is 4.79 Å². The summed E-state index contributed by atoms with van der Waals surface area (Å²) in [5.74, 6) is 0.703. The molecule has 0 fully saturated rings. The summed E-state index contributed by atoms with van der Waals surface area (Å²) >= 11 is 0. The van der Waals surface area contributed by atoms with Gasteiger partial charge in [0.05, 0.1) is 21.3 Å². The van der Waals surface area contributed by atoms with Crippen LogP contribution in [0, 0.1) is 0 Å². The predicted octanol–water partition coefficient (Wildman–Crippen LogP) is 2.05. The number of esters is 1. The van der Waals surface area contributed by atoms with Gasteiger partial charge in [0.1, 0.15) is 11.6 Å². The lowest BCUT2D eigenvalue weighted by atomic mass is 10.0. The summed E-state index contributed by atoms with van der Waals surface area (Å²) in [5.41, 5.74) is 5.85. The van der Waals surface area contributed by atoms with E-state index >= 15 is 0 Å². The van der Waals surface area contributed by atoms with Crippen molar-refractivity contribution < 1.29 is 23.7 Å². The summed E-state index contributed by atoms with van der Waals surface area (Å²) in [4.78, 5) is 12.1. The average molecular weight is 297 g/mol. The summed E-state index contributed by atoms with van der Waals surface area (Å²) in [6.45, 7) is 5.34. The van der Waals surface area contributed by atoms with Crippen LogP contribution in [-0.4, -0.2) is 32.9 Å². The lowest BCUT2D eigenvalue weighted by Crippen LogP contribution is -2.31. The van der Waals surface area contributed by atoms with Crippen molar-refractivity contribution in [3.63, 3.8) is 0 Å². The average Bonchev–Trinajstić information content (AvgIpc) is 2.42. The molecule has 6 nitrogen and oxygen atoms in total. The minimum Gasteiger partial charge on any atom is -0.493 e. The maximum atomic E-state index is 12.1. The largest absolute Gasteiger partial charge is 0.493 e. The fraction of sp³-hybridized carbons (Fsp3) is 0.533. The molecular weight excluding hydrogens is 274 g/mol. The SMILES string of the molecule is COc1ccc(C(N)C(=O)OC(C)(C)C)c(OC)c1OC. The van der Waals surface area contributed by atoms with E-state index in [-0.39, 0.29) is 0 Å². The number of rotatable bonds is 5. The van der Waals surface area contributed by atoms with E-state index in [1.54, 1.807) is 32.9 Å². The molecule has 1 aromatic carbocycles. The van der Waals surface area contributed by atoms with Crippen LogP contribution in [0.15, 0.2) is 12.1 Å². The van der Waals surface area contributed by atoms with Crippen LogP contribution >= 0.6 is 0 Å². The Kier molecular flexibility index (Phi) is 5.43. The Hall–Kier alpha value is -1.95. The third-order valence-corrected chi connectivity index (χ3v) is 2.73. The van der Waals surface area contributed by atoms with Crippen molar-refractivity contribution in [2.45, 2.75) is 32.4 Å². The fourth-order valence-electron chi connectivity index (χ4n) is 1.86. The predicted molar refractivity (Wildman–Crippen MR) is 78.9 cm³/mol. The van der Waals surface area contributed by atoms with Crippen LogP contribution in [0.25, 0.3) is 0 Å². The highest BCUT2D eigenvalue weighted by molar-refractivity contribution is 5.79. The molecule has 2 N–H and O–H groups in total. The lowest BCUT2D eigenvalue weighted by Gasteiger charge is -2.24. The molecule has 1 unspecified atom stereocenters. The minimum absolute atomic E-state index is 0.357. The molecule has 0 spiro atoms. The van der Waals surface area contributed by atoms with Gasteiger partial charge in [-0.3, -0.25) is 0 Å². The van der Waals surface area contributed by atoms with Gasteiger partial charge in [-0.1, -0.05) is 0 Å². The van der Waals surface area contributed by atoms with E-state index < -0.39 is 17.6 Å². The zero-order valence-corrected chi connectivity index (χ0v) is 13.4. The smallest absolute Gasteiger partial charge is 0.328 e. The molecule has 0 radical (unpaired) electrons. The van der Waals surface area contributed by atoms with E-state index in [9.17, 15) is 4.79 Å².